The van der Waals surface area contributed by atoms with E-state index >= 15 is 0 Å². The number of benzene rings is 1. The van der Waals surface area contributed by atoms with Crippen LogP contribution in [0, 0.1) is 18.3 Å². The van der Waals surface area contributed by atoms with Crippen molar-refractivity contribution < 1.29 is 18.0 Å². The first-order chi connectivity index (χ1) is 14.3. The number of amides is 1. The van der Waals surface area contributed by atoms with Gasteiger partial charge in [-0.25, -0.2) is 0 Å². The number of piperidine rings is 1. The van der Waals surface area contributed by atoms with Crippen molar-refractivity contribution in [3.8, 4) is 12.3 Å². The number of fused-ring (bicyclic) bond motifs is 1. The standard InChI is InChI=1S/C20H17F3N6O/c1-2-13-4-3-5-15(12-13)24-18(30)14-8-10-28(11-9-14)17-7-6-16-25-26-19(20(21,22)23)29(16)27-17/h1,3-7,12,14H,8-11H2,(H,24,30). The molecule has 1 amide bonds. The lowest BCUT2D eigenvalue weighted by Gasteiger charge is -2.32. The molecule has 1 aliphatic heterocycles. The average molecular weight is 414 g/mol. The fourth-order valence-electron chi connectivity index (χ4n) is 3.43. The summed E-state index contributed by atoms with van der Waals surface area (Å²) in [5.41, 5.74) is 1.34. The summed E-state index contributed by atoms with van der Waals surface area (Å²) in [5, 5.41) is 13.6. The van der Waals surface area contributed by atoms with Gasteiger partial charge in [-0.2, -0.15) is 17.7 Å². The number of hydrogen-bond donors (Lipinski definition) is 1. The molecule has 0 atom stereocenters. The first-order valence-electron chi connectivity index (χ1n) is 9.27. The van der Waals surface area contributed by atoms with Crippen LogP contribution >= 0.6 is 0 Å². The summed E-state index contributed by atoms with van der Waals surface area (Å²) in [6.45, 7) is 0.981. The van der Waals surface area contributed by atoms with Crippen LogP contribution in [0.25, 0.3) is 5.65 Å². The molecule has 0 radical (unpaired) electrons. The van der Waals surface area contributed by atoms with E-state index in [1.54, 1.807) is 30.3 Å². The van der Waals surface area contributed by atoms with E-state index in [0.717, 1.165) is 0 Å². The van der Waals surface area contributed by atoms with Crippen LogP contribution in [0.2, 0.25) is 0 Å². The lowest BCUT2D eigenvalue weighted by Crippen LogP contribution is -2.38. The van der Waals surface area contributed by atoms with Crippen LogP contribution < -0.4 is 10.2 Å². The zero-order chi connectivity index (χ0) is 21.3. The highest BCUT2D eigenvalue weighted by molar-refractivity contribution is 5.92. The second-order valence-corrected chi connectivity index (χ2v) is 6.96. The Bertz CT molecular complexity index is 1130. The van der Waals surface area contributed by atoms with Gasteiger partial charge in [0, 0.05) is 30.3 Å². The van der Waals surface area contributed by atoms with Crippen LogP contribution in [-0.4, -0.2) is 38.8 Å². The van der Waals surface area contributed by atoms with Gasteiger partial charge in [0.15, 0.2) is 5.65 Å². The summed E-state index contributed by atoms with van der Waals surface area (Å²) in [6, 6.07) is 10.1. The number of nitrogens with one attached hydrogen (secondary N) is 1. The number of carbonyl (C=O) groups excluding carboxylic acids is 1. The van der Waals surface area contributed by atoms with Crippen molar-refractivity contribution in [1.82, 2.24) is 19.8 Å². The van der Waals surface area contributed by atoms with E-state index < -0.39 is 12.0 Å². The molecule has 0 spiro atoms. The van der Waals surface area contributed by atoms with Crippen LogP contribution in [0.4, 0.5) is 24.7 Å². The molecule has 4 rings (SSSR count). The van der Waals surface area contributed by atoms with Crippen molar-refractivity contribution in [2.24, 2.45) is 5.92 Å². The normalized spacial score (nSPS) is 15.2. The fraction of sp³-hybridized carbons (Fsp3) is 0.300. The maximum Gasteiger partial charge on any atom is 0.453 e. The summed E-state index contributed by atoms with van der Waals surface area (Å²) >= 11 is 0. The van der Waals surface area contributed by atoms with E-state index in [1.807, 2.05) is 4.90 Å². The number of anilines is 2. The first-order valence-corrected chi connectivity index (χ1v) is 9.27. The van der Waals surface area contributed by atoms with Gasteiger partial charge < -0.3 is 10.2 Å². The lowest BCUT2D eigenvalue weighted by atomic mass is 9.95. The zero-order valence-corrected chi connectivity index (χ0v) is 15.7. The van der Waals surface area contributed by atoms with Crippen LogP contribution in [0.3, 0.4) is 0 Å². The summed E-state index contributed by atoms with van der Waals surface area (Å²) in [7, 11) is 0. The van der Waals surface area contributed by atoms with Crippen LogP contribution in [-0.2, 0) is 11.0 Å². The Morgan fingerprint density at radius 3 is 2.63 bits per heavy atom. The maximum atomic E-state index is 13.1. The van der Waals surface area contributed by atoms with Crippen LogP contribution in [0.1, 0.15) is 24.2 Å². The summed E-state index contributed by atoms with van der Waals surface area (Å²) in [4.78, 5) is 14.4. The van der Waals surface area contributed by atoms with E-state index in [4.69, 9.17) is 6.42 Å². The van der Waals surface area contributed by atoms with Gasteiger partial charge in [0.2, 0.25) is 5.91 Å². The van der Waals surface area contributed by atoms with E-state index in [9.17, 15) is 18.0 Å². The Hall–Kier alpha value is -3.61. The first kappa shape index (κ1) is 19.7. The SMILES string of the molecule is C#Cc1cccc(NC(=O)C2CCN(c3ccc4nnc(C(F)(F)F)n4n3)CC2)c1. The number of aromatic nitrogens is 4. The Morgan fingerprint density at radius 1 is 1.17 bits per heavy atom. The van der Waals surface area contributed by atoms with Crippen LogP contribution in [0.5, 0.6) is 0 Å². The highest BCUT2D eigenvalue weighted by atomic mass is 19.4. The highest BCUT2D eigenvalue weighted by Gasteiger charge is 2.38. The molecule has 0 saturated carbocycles. The van der Waals surface area contributed by atoms with Crippen molar-refractivity contribution in [2.45, 2.75) is 19.0 Å². The monoisotopic (exact) mass is 414 g/mol. The van der Waals surface area contributed by atoms with Gasteiger partial charge >= 0.3 is 6.18 Å². The number of halogens is 3. The Kier molecular flexibility index (Phi) is 5.03. The third-order valence-corrected chi connectivity index (χ3v) is 4.99. The van der Waals surface area contributed by atoms with Crippen molar-refractivity contribution in [3.63, 3.8) is 0 Å². The molecule has 1 saturated heterocycles. The molecule has 0 bridgehead atoms. The molecule has 30 heavy (non-hydrogen) atoms. The van der Waals surface area contributed by atoms with Crippen LogP contribution in [0.15, 0.2) is 36.4 Å². The molecule has 1 aliphatic rings. The molecule has 1 aromatic carbocycles. The summed E-state index contributed by atoms with van der Waals surface area (Å²) in [6.07, 6.45) is 1.83. The smallest absolute Gasteiger partial charge is 0.355 e. The molecular formula is C20H17F3N6O. The number of nitrogens with zero attached hydrogens (tertiary/aromatic N) is 5. The minimum atomic E-state index is -4.65. The predicted molar refractivity (Wildman–Crippen MR) is 104 cm³/mol. The topological polar surface area (TPSA) is 75.4 Å². The van der Waals surface area contributed by atoms with E-state index in [0.29, 0.717) is 47.5 Å². The quantitative estimate of drug-likeness (QED) is 0.667. The number of terminal acetylenes is 1. The second-order valence-electron chi connectivity index (χ2n) is 6.96. The largest absolute Gasteiger partial charge is 0.453 e. The molecule has 154 valence electrons. The molecule has 1 fully saturated rings. The predicted octanol–water partition coefficient (Wildman–Crippen LogP) is 2.98. The molecule has 10 heteroatoms. The van der Waals surface area contributed by atoms with Crippen molar-refractivity contribution in [3.05, 3.63) is 47.8 Å². The molecule has 7 nitrogen and oxygen atoms in total. The van der Waals surface area contributed by atoms with E-state index in [-0.39, 0.29) is 17.5 Å². The van der Waals surface area contributed by atoms with Gasteiger partial charge in [0.25, 0.3) is 5.82 Å². The molecule has 1 N–H and O–H groups in total. The Balaban J connectivity index is 1.43. The van der Waals surface area contributed by atoms with Gasteiger partial charge in [-0.1, -0.05) is 12.0 Å². The van der Waals surface area contributed by atoms with E-state index in [1.165, 1.54) is 6.07 Å². The van der Waals surface area contributed by atoms with Gasteiger partial charge in [-0.05, 0) is 43.2 Å². The van der Waals surface area contributed by atoms with Crippen molar-refractivity contribution >= 4 is 23.1 Å². The number of alkyl halides is 3. The second kappa shape index (κ2) is 7.67. The maximum absolute atomic E-state index is 13.1. The van der Waals surface area contributed by atoms with Gasteiger partial charge in [0.1, 0.15) is 5.82 Å². The van der Waals surface area contributed by atoms with Gasteiger partial charge in [-0.3, -0.25) is 4.79 Å². The summed E-state index contributed by atoms with van der Waals surface area (Å²) in [5.74, 6) is 1.43. The third-order valence-electron chi connectivity index (χ3n) is 4.99. The van der Waals surface area contributed by atoms with Crippen molar-refractivity contribution in [2.75, 3.05) is 23.3 Å². The van der Waals surface area contributed by atoms with Crippen molar-refractivity contribution in [1.29, 1.82) is 0 Å². The minimum Gasteiger partial charge on any atom is -0.355 e. The minimum absolute atomic E-state index is 0.0227. The van der Waals surface area contributed by atoms with Gasteiger partial charge in [-0.15, -0.1) is 21.7 Å². The number of hydrogen-bond acceptors (Lipinski definition) is 5. The van der Waals surface area contributed by atoms with E-state index in [2.05, 4.69) is 26.5 Å². The Morgan fingerprint density at radius 2 is 1.93 bits per heavy atom. The zero-order valence-electron chi connectivity index (χ0n) is 15.7. The third kappa shape index (κ3) is 3.91. The molecule has 0 unspecified atom stereocenters. The molecular weight excluding hydrogens is 397 g/mol. The van der Waals surface area contributed by atoms with Gasteiger partial charge in [0.05, 0.1) is 0 Å². The number of carbonyl (C=O) groups is 1. The highest BCUT2D eigenvalue weighted by Crippen LogP contribution is 2.29. The molecule has 3 aromatic rings. The number of rotatable bonds is 3. The summed E-state index contributed by atoms with van der Waals surface area (Å²) < 4.78 is 39.9. The fourth-order valence-corrected chi connectivity index (χ4v) is 3.43. The Labute approximate surface area is 169 Å². The average Bonchev–Trinajstić information content (AvgIpc) is 3.18. The molecule has 2 aromatic heterocycles. The lowest BCUT2D eigenvalue weighted by molar-refractivity contribution is -0.146. The molecule has 3 heterocycles. The molecule has 0 aliphatic carbocycles.